The minimum atomic E-state index is 1.15. The zero-order valence-corrected chi connectivity index (χ0v) is 27.2. The van der Waals surface area contributed by atoms with Crippen molar-refractivity contribution >= 4 is 43.6 Å². The molecular formula is C48H30N2. The van der Waals surface area contributed by atoms with Crippen LogP contribution in [0, 0.1) is 0 Å². The van der Waals surface area contributed by atoms with Gasteiger partial charge in [-0.25, -0.2) is 0 Å². The van der Waals surface area contributed by atoms with Gasteiger partial charge in [-0.2, -0.15) is 0 Å². The molecule has 50 heavy (non-hydrogen) atoms. The second-order valence-corrected chi connectivity index (χ2v) is 13.3. The normalized spacial score (nSPS) is 12.0. The highest BCUT2D eigenvalue weighted by atomic mass is 15.0. The van der Waals surface area contributed by atoms with Gasteiger partial charge in [0.1, 0.15) is 0 Å². The van der Waals surface area contributed by atoms with E-state index in [4.69, 9.17) is 0 Å². The smallest absolute Gasteiger partial charge is 0.0547 e. The number of benzene rings is 8. The van der Waals surface area contributed by atoms with Crippen LogP contribution < -0.4 is 0 Å². The van der Waals surface area contributed by atoms with E-state index in [-0.39, 0.29) is 0 Å². The van der Waals surface area contributed by atoms with E-state index in [2.05, 4.69) is 191 Å². The number of para-hydroxylation sites is 3. The molecule has 1 aliphatic rings. The van der Waals surface area contributed by atoms with Crippen LogP contribution in [0.15, 0.2) is 182 Å². The van der Waals surface area contributed by atoms with E-state index >= 15 is 0 Å². The molecule has 2 aromatic heterocycles. The molecule has 0 radical (unpaired) electrons. The number of aromatic nitrogens is 2. The molecule has 2 nitrogen and oxygen atoms in total. The minimum Gasteiger partial charge on any atom is -0.309 e. The molecule has 0 fully saturated rings. The van der Waals surface area contributed by atoms with Gasteiger partial charge in [0, 0.05) is 32.9 Å². The third-order valence-electron chi connectivity index (χ3n) is 10.7. The van der Waals surface area contributed by atoms with Gasteiger partial charge in [0.25, 0.3) is 0 Å². The van der Waals surface area contributed by atoms with Crippen LogP contribution in [0.4, 0.5) is 0 Å². The molecule has 232 valence electrons. The van der Waals surface area contributed by atoms with Gasteiger partial charge in [-0.3, -0.25) is 0 Å². The molecule has 1 aliphatic carbocycles. The Kier molecular flexibility index (Phi) is 5.70. The maximum atomic E-state index is 2.46. The van der Waals surface area contributed by atoms with Crippen molar-refractivity contribution in [3.63, 3.8) is 0 Å². The minimum absolute atomic E-state index is 1.15. The van der Waals surface area contributed by atoms with Gasteiger partial charge in [-0.1, -0.05) is 127 Å². The predicted octanol–water partition coefficient (Wildman–Crippen LogP) is 12.9. The van der Waals surface area contributed by atoms with Crippen molar-refractivity contribution in [2.24, 2.45) is 0 Å². The van der Waals surface area contributed by atoms with Crippen molar-refractivity contribution in [2.45, 2.75) is 0 Å². The highest BCUT2D eigenvalue weighted by Gasteiger charge is 2.24. The zero-order valence-electron chi connectivity index (χ0n) is 27.2. The van der Waals surface area contributed by atoms with E-state index in [1.54, 1.807) is 0 Å². The summed E-state index contributed by atoms with van der Waals surface area (Å²) < 4.78 is 4.87. The van der Waals surface area contributed by atoms with E-state index < -0.39 is 0 Å². The summed E-state index contributed by atoms with van der Waals surface area (Å²) >= 11 is 0. The second-order valence-electron chi connectivity index (χ2n) is 13.3. The highest BCUT2D eigenvalue weighted by molar-refractivity contribution is 6.16. The van der Waals surface area contributed by atoms with Crippen LogP contribution in [-0.4, -0.2) is 9.13 Å². The molecule has 0 N–H and O–H groups in total. The lowest BCUT2D eigenvalue weighted by atomic mass is 9.80. The Balaban J connectivity index is 1.29. The molecular weight excluding hydrogens is 605 g/mol. The van der Waals surface area contributed by atoms with Crippen molar-refractivity contribution in [2.75, 3.05) is 0 Å². The van der Waals surface area contributed by atoms with Crippen molar-refractivity contribution in [3.05, 3.63) is 182 Å². The summed E-state index contributed by atoms with van der Waals surface area (Å²) in [7, 11) is 0. The Morgan fingerprint density at radius 2 is 0.620 bits per heavy atom. The average molecular weight is 635 g/mol. The molecule has 8 aromatic carbocycles. The lowest BCUT2D eigenvalue weighted by Gasteiger charge is -2.23. The first-order valence-electron chi connectivity index (χ1n) is 17.3. The summed E-state index contributed by atoms with van der Waals surface area (Å²) in [6.45, 7) is 0. The Labute approximate surface area is 289 Å². The molecule has 2 heteroatoms. The largest absolute Gasteiger partial charge is 0.309 e. The van der Waals surface area contributed by atoms with Gasteiger partial charge in [0.15, 0.2) is 0 Å². The Morgan fingerprint density at radius 3 is 1.18 bits per heavy atom. The van der Waals surface area contributed by atoms with Gasteiger partial charge in [-0.15, -0.1) is 0 Å². The van der Waals surface area contributed by atoms with Crippen LogP contribution in [0.1, 0.15) is 0 Å². The molecule has 0 saturated carbocycles. The van der Waals surface area contributed by atoms with Crippen LogP contribution in [0.2, 0.25) is 0 Å². The molecule has 0 atom stereocenters. The van der Waals surface area contributed by atoms with Gasteiger partial charge in [0.2, 0.25) is 0 Å². The maximum Gasteiger partial charge on any atom is 0.0547 e. The first-order chi connectivity index (χ1) is 24.8. The van der Waals surface area contributed by atoms with Gasteiger partial charge in [0.05, 0.1) is 22.1 Å². The van der Waals surface area contributed by atoms with Gasteiger partial charge in [-0.05, 0) is 99.1 Å². The van der Waals surface area contributed by atoms with E-state index in [0.717, 1.165) is 11.4 Å². The lowest BCUT2D eigenvalue weighted by Crippen LogP contribution is -1.98. The van der Waals surface area contributed by atoms with Crippen LogP contribution in [0.25, 0.3) is 99.5 Å². The molecule has 11 rings (SSSR count). The molecule has 0 unspecified atom stereocenters. The van der Waals surface area contributed by atoms with Crippen LogP contribution in [-0.2, 0) is 0 Å². The second kappa shape index (κ2) is 10.4. The zero-order chi connectivity index (χ0) is 32.8. The summed E-state index contributed by atoms with van der Waals surface area (Å²) in [5.74, 6) is 0. The van der Waals surface area contributed by atoms with E-state index in [1.165, 1.54) is 88.1 Å². The Morgan fingerprint density at radius 1 is 0.220 bits per heavy atom. The number of fused-ring (bicyclic) bond motifs is 14. The van der Waals surface area contributed by atoms with Crippen LogP contribution >= 0.6 is 0 Å². The molecule has 0 aliphatic heterocycles. The summed E-state index contributed by atoms with van der Waals surface area (Å²) in [6, 6.07) is 66.9. The van der Waals surface area contributed by atoms with Gasteiger partial charge >= 0.3 is 0 Å². The molecule has 0 saturated heterocycles. The van der Waals surface area contributed by atoms with Crippen molar-refractivity contribution in [1.29, 1.82) is 0 Å². The third-order valence-corrected chi connectivity index (χ3v) is 10.7. The van der Waals surface area contributed by atoms with Crippen molar-refractivity contribution < 1.29 is 0 Å². The van der Waals surface area contributed by atoms with E-state index in [1.807, 2.05) is 0 Å². The fourth-order valence-corrected chi connectivity index (χ4v) is 8.55. The van der Waals surface area contributed by atoms with Crippen LogP contribution in [0.3, 0.4) is 0 Å². The first-order valence-corrected chi connectivity index (χ1v) is 17.3. The number of hydrogen-bond acceptors (Lipinski definition) is 0. The number of hydrogen-bond donors (Lipinski definition) is 0. The number of rotatable bonds is 2. The fraction of sp³-hybridized carbons (Fsp3) is 0. The van der Waals surface area contributed by atoms with E-state index in [9.17, 15) is 0 Å². The summed E-state index contributed by atoms with van der Waals surface area (Å²) in [4.78, 5) is 0. The molecule has 0 spiro atoms. The quantitative estimate of drug-likeness (QED) is 0.179. The average Bonchev–Trinajstić information content (AvgIpc) is 3.69. The molecule has 0 amide bonds. The summed E-state index contributed by atoms with van der Waals surface area (Å²) in [5.41, 5.74) is 17.2. The lowest BCUT2D eigenvalue weighted by molar-refractivity contribution is 1.17. The van der Waals surface area contributed by atoms with Crippen LogP contribution in [0.5, 0.6) is 0 Å². The van der Waals surface area contributed by atoms with Crippen molar-refractivity contribution in [1.82, 2.24) is 9.13 Å². The monoisotopic (exact) mass is 634 g/mol. The van der Waals surface area contributed by atoms with Gasteiger partial charge < -0.3 is 9.13 Å². The maximum absolute atomic E-state index is 2.46. The first kappa shape index (κ1) is 27.3. The molecule has 0 bridgehead atoms. The Bertz CT molecular complexity index is 2920. The van der Waals surface area contributed by atoms with E-state index in [0.29, 0.717) is 0 Å². The fourth-order valence-electron chi connectivity index (χ4n) is 8.55. The predicted molar refractivity (Wildman–Crippen MR) is 210 cm³/mol. The summed E-state index contributed by atoms with van der Waals surface area (Å²) in [5, 5.41) is 5.02. The topological polar surface area (TPSA) is 9.86 Å². The SMILES string of the molecule is c1ccc(-n2c3ccc(-n4c5ccccc5c5ccccc54)cc3c3cc4c(cc32)-c2ccccc2-c2ccccc2-c2ccccc2-4)cc1. The molecule has 10 aromatic rings. The highest BCUT2D eigenvalue weighted by Crippen LogP contribution is 2.50. The van der Waals surface area contributed by atoms with Crippen molar-refractivity contribution in [3.8, 4) is 55.9 Å². The number of nitrogens with zero attached hydrogens (tertiary/aromatic N) is 2. The summed E-state index contributed by atoms with van der Waals surface area (Å²) in [6.07, 6.45) is 0. The Hall–Kier alpha value is -6.64. The molecule has 2 heterocycles. The standard InChI is InChI=1S/C48H30N2/c1-2-14-31(15-3-1)49-47-27-26-32(50-45-24-12-10-22-39(45)40-23-11-13-25-46(40)50)28-43(47)44-29-41-37-20-8-6-18-35(37)33-16-4-5-17-34(33)36-19-7-9-21-38(36)42(41)30-48(44)49/h1-30H. The third kappa shape index (κ3) is 3.79.